The lowest BCUT2D eigenvalue weighted by Gasteiger charge is -2.32. The van der Waals surface area contributed by atoms with Crippen molar-refractivity contribution in [3.8, 4) is 0 Å². The third kappa shape index (κ3) is 5.05. The molecular formula is C23H29N7O2. The lowest BCUT2D eigenvalue weighted by molar-refractivity contribution is -0.139. The number of hydrogen-bond acceptors (Lipinski definition) is 8. The van der Waals surface area contributed by atoms with Crippen molar-refractivity contribution in [1.82, 2.24) is 15.0 Å². The predicted octanol–water partition coefficient (Wildman–Crippen LogP) is 2.80. The summed E-state index contributed by atoms with van der Waals surface area (Å²) in [6.07, 6.45) is 2.16. The Morgan fingerprint density at radius 2 is 1.88 bits per heavy atom. The van der Waals surface area contributed by atoms with Gasteiger partial charge in [0.05, 0.1) is 6.04 Å². The minimum Gasteiger partial charge on any atom is -0.480 e. The second-order valence-corrected chi connectivity index (χ2v) is 8.40. The smallest absolute Gasteiger partial charge is 0.320 e. The Morgan fingerprint density at radius 3 is 2.59 bits per heavy atom. The molecule has 1 saturated heterocycles. The highest BCUT2D eigenvalue weighted by atomic mass is 16.4. The van der Waals surface area contributed by atoms with Gasteiger partial charge in [0, 0.05) is 13.1 Å². The maximum atomic E-state index is 11.0. The summed E-state index contributed by atoms with van der Waals surface area (Å²) in [5, 5.41) is 14.7. The fourth-order valence-corrected chi connectivity index (χ4v) is 4.17. The first kappa shape index (κ1) is 21.8. The van der Waals surface area contributed by atoms with Gasteiger partial charge in [-0.3, -0.25) is 4.79 Å². The average Bonchev–Trinajstić information content (AvgIpc) is 2.78. The van der Waals surface area contributed by atoms with Crippen LogP contribution in [0.25, 0.3) is 10.8 Å². The molecule has 0 radical (unpaired) electrons. The summed E-state index contributed by atoms with van der Waals surface area (Å²) >= 11 is 0. The van der Waals surface area contributed by atoms with Crippen molar-refractivity contribution in [3.63, 3.8) is 0 Å². The van der Waals surface area contributed by atoms with Crippen LogP contribution in [0.15, 0.2) is 42.5 Å². The van der Waals surface area contributed by atoms with Crippen LogP contribution in [0.4, 0.5) is 17.8 Å². The summed E-state index contributed by atoms with van der Waals surface area (Å²) in [5.74, 6) is 0.462. The summed E-state index contributed by atoms with van der Waals surface area (Å²) in [6, 6.07) is 13.8. The fourth-order valence-electron chi connectivity index (χ4n) is 4.17. The van der Waals surface area contributed by atoms with Gasteiger partial charge in [0.1, 0.15) is 6.04 Å². The minimum atomic E-state index is -0.950. The Morgan fingerprint density at radius 1 is 1.16 bits per heavy atom. The number of fused-ring (bicyclic) bond motifs is 1. The molecule has 9 heteroatoms. The first-order valence-electron chi connectivity index (χ1n) is 10.9. The largest absolute Gasteiger partial charge is 0.480 e. The first-order valence-corrected chi connectivity index (χ1v) is 10.9. The Bertz CT molecular complexity index is 1100. The van der Waals surface area contributed by atoms with E-state index < -0.39 is 12.0 Å². The number of nitrogen functional groups attached to an aromatic ring is 1. The number of aromatic nitrogens is 3. The third-order valence-electron chi connectivity index (χ3n) is 6.06. The Labute approximate surface area is 186 Å². The van der Waals surface area contributed by atoms with Crippen LogP contribution >= 0.6 is 0 Å². The lowest BCUT2D eigenvalue weighted by atomic mass is 9.90. The molecule has 6 N–H and O–H groups in total. The van der Waals surface area contributed by atoms with E-state index in [2.05, 4.69) is 62.4 Å². The van der Waals surface area contributed by atoms with Crippen LogP contribution in [0.5, 0.6) is 0 Å². The summed E-state index contributed by atoms with van der Waals surface area (Å²) in [4.78, 5) is 26.2. The molecule has 3 aromatic rings. The van der Waals surface area contributed by atoms with Gasteiger partial charge in [-0.2, -0.15) is 15.0 Å². The van der Waals surface area contributed by atoms with Gasteiger partial charge in [-0.25, -0.2) is 0 Å². The van der Waals surface area contributed by atoms with Crippen molar-refractivity contribution in [2.75, 3.05) is 29.0 Å². The highest BCUT2D eigenvalue weighted by Crippen LogP contribution is 2.26. The molecule has 1 aliphatic heterocycles. The van der Waals surface area contributed by atoms with Crippen LogP contribution in [0.2, 0.25) is 0 Å². The molecule has 0 saturated carbocycles. The molecular weight excluding hydrogens is 406 g/mol. The van der Waals surface area contributed by atoms with Crippen molar-refractivity contribution in [3.05, 3.63) is 48.0 Å². The molecule has 1 aliphatic rings. The maximum Gasteiger partial charge on any atom is 0.320 e. The average molecular weight is 436 g/mol. The lowest BCUT2D eigenvalue weighted by Crippen LogP contribution is -2.39. The Balaban J connectivity index is 1.43. The Hall–Kier alpha value is -3.46. The van der Waals surface area contributed by atoms with E-state index in [9.17, 15) is 4.79 Å². The topological polar surface area (TPSA) is 143 Å². The molecule has 2 aromatic carbocycles. The SMILES string of the molecule is C[C@@H](Nc1nc(N)nc(N2CCC(CC(N)C(=O)O)CC2)n1)c1ccc2ccccc2c1. The highest BCUT2D eigenvalue weighted by Gasteiger charge is 2.25. The number of nitrogens with zero attached hydrogens (tertiary/aromatic N) is 4. The van der Waals surface area contributed by atoms with E-state index in [0.29, 0.717) is 18.3 Å². The van der Waals surface area contributed by atoms with Gasteiger partial charge in [0.15, 0.2) is 0 Å². The van der Waals surface area contributed by atoms with Gasteiger partial charge in [-0.05, 0) is 54.5 Å². The molecule has 0 bridgehead atoms. The van der Waals surface area contributed by atoms with Crippen LogP contribution < -0.4 is 21.7 Å². The monoisotopic (exact) mass is 435 g/mol. The van der Waals surface area contributed by atoms with E-state index in [0.717, 1.165) is 31.5 Å². The predicted molar refractivity (Wildman–Crippen MR) is 125 cm³/mol. The molecule has 2 atom stereocenters. The van der Waals surface area contributed by atoms with Crippen molar-refractivity contribution in [2.24, 2.45) is 11.7 Å². The van der Waals surface area contributed by atoms with E-state index in [1.54, 1.807) is 0 Å². The summed E-state index contributed by atoms with van der Waals surface area (Å²) < 4.78 is 0. The maximum absolute atomic E-state index is 11.0. The normalized spacial score (nSPS) is 16.6. The molecule has 1 unspecified atom stereocenters. The third-order valence-corrected chi connectivity index (χ3v) is 6.06. The molecule has 168 valence electrons. The molecule has 9 nitrogen and oxygen atoms in total. The summed E-state index contributed by atoms with van der Waals surface area (Å²) in [6.45, 7) is 3.50. The van der Waals surface area contributed by atoms with Crippen molar-refractivity contribution in [1.29, 1.82) is 0 Å². The first-order chi connectivity index (χ1) is 15.4. The molecule has 1 aromatic heterocycles. The van der Waals surface area contributed by atoms with Crippen LogP contribution in [0.3, 0.4) is 0 Å². The zero-order chi connectivity index (χ0) is 22.7. The number of nitrogens with one attached hydrogen (secondary N) is 1. The van der Waals surface area contributed by atoms with Crippen LogP contribution in [0, 0.1) is 5.92 Å². The number of rotatable bonds is 7. The van der Waals surface area contributed by atoms with E-state index in [1.165, 1.54) is 10.8 Å². The number of aliphatic carboxylic acids is 1. The van der Waals surface area contributed by atoms with Crippen molar-refractivity contribution in [2.45, 2.75) is 38.3 Å². The zero-order valence-corrected chi connectivity index (χ0v) is 18.1. The van der Waals surface area contributed by atoms with Crippen LogP contribution in [-0.2, 0) is 4.79 Å². The van der Waals surface area contributed by atoms with Gasteiger partial charge in [-0.15, -0.1) is 0 Å². The van der Waals surface area contributed by atoms with Gasteiger partial charge in [0.2, 0.25) is 17.8 Å². The number of carboxylic acid groups (broad SMARTS) is 1. The minimum absolute atomic E-state index is 0.0162. The van der Waals surface area contributed by atoms with Gasteiger partial charge in [0.25, 0.3) is 0 Å². The van der Waals surface area contributed by atoms with Crippen molar-refractivity contribution >= 4 is 34.6 Å². The van der Waals surface area contributed by atoms with E-state index >= 15 is 0 Å². The van der Waals surface area contributed by atoms with Crippen LogP contribution in [0.1, 0.15) is 37.8 Å². The highest BCUT2D eigenvalue weighted by molar-refractivity contribution is 5.83. The quantitative estimate of drug-likeness (QED) is 0.440. The number of carbonyl (C=O) groups is 1. The standard InChI is InChI=1S/C23H29N7O2/c1-14(17-7-6-16-4-2-3-5-18(16)13-17)26-22-27-21(25)28-23(29-22)30-10-8-15(9-11-30)12-19(24)20(31)32/h2-7,13-15,19H,8-12,24H2,1H3,(H,31,32)(H3,25,26,27,28,29)/t14-,19?/m1/s1. The molecule has 0 aliphatic carbocycles. The van der Waals surface area contributed by atoms with Crippen LogP contribution in [-0.4, -0.2) is 45.2 Å². The van der Waals surface area contributed by atoms with Gasteiger partial charge < -0.3 is 26.8 Å². The van der Waals surface area contributed by atoms with E-state index in [1.807, 2.05) is 12.1 Å². The summed E-state index contributed by atoms with van der Waals surface area (Å²) in [5.41, 5.74) is 12.8. The van der Waals surface area contributed by atoms with Gasteiger partial charge in [-0.1, -0.05) is 36.4 Å². The van der Waals surface area contributed by atoms with Gasteiger partial charge >= 0.3 is 5.97 Å². The molecule has 1 fully saturated rings. The fraction of sp³-hybridized carbons (Fsp3) is 0.391. The number of carboxylic acids is 1. The number of piperidine rings is 1. The summed E-state index contributed by atoms with van der Waals surface area (Å²) in [7, 11) is 0. The van der Waals surface area contributed by atoms with Crippen molar-refractivity contribution < 1.29 is 9.90 Å². The molecule has 0 spiro atoms. The number of benzene rings is 2. The number of hydrogen-bond donors (Lipinski definition) is 4. The number of anilines is 3. The van der Waals surface area contributed by atoms with E-state index in [4.69, 9.17) is 16.6 Å². The second-order valence-electron chi connectivity index (χ2n) is 8.40. The number of nitrogens with two attached hydrogens (primary N) is 2. The molecule has 32 heavy (non-hydrogen) atoms. The molecule has 2 heterocycles. The second kappa shape index (κ2) is 9.35. The Kier molecular flexibility index (Phi) is 6.36. The van der Waals surface area contributed by atoms with E-state index in [-0.39, 0.29) is 17.9 Å². The molecule has 4 rings (SSSR count). The molecule has 0 amide bonds. The zero-order valence-electron chi connectivity index (χ0n) is 18.1.